The van der Waals surface area contributed by atoms with Crippen LogP contribution in [0.25, 0.3) is 0 Å². The number of hydrogen-bond acceptors (Lipinski definition) is 3. The predicted octanol–water partition coefficient (Wildman–Crippen LogP) is 0.936. The smallest absolute Gasteiger partial charge is 0.169 e. The zero-order valence-electron chi connectivity index (χ0n) is 6.45. The van der Waals surface area contributed by atoms with Gasteiger partial charge in [-0.15, -0.1) is 0 Å². The first kappa shape index (κ1) is 7.03. The van der Waals surface area contributed by atoms with Crippen LogP contribution in [0.2, 0.25) is 0 Å². The lowest BCUT2D eigenvalue weighted by molar-refractivity contribution is 0.101. The van der Waals surface area contributed by atoms with E-state index < -0.39 is 0 Å². The average Bonchev–Trinajstić information content (AvgIpc) is 2.44. The van der Waals surface area contributed by atoms with Gasteiger partial charge in [0.2, 0.25) is 0 Å². The molecule has 1 aromatic rings. The highest BCUT2D eigenvalue weighted by Crippen LogP contribution is 2.21. The Morgan fingerprint density at radius 1 is 1.25 bits per heavy atom. The first-order chi connectivity index (χ1) is 5.83. The Morgan fingerprint density at radius 2 is 1.92 bits per heavy atom. The van der Waals surface area contributed by atoms with Gasteiger partial charge < -0.3 is 5.84 Å². The normalized spacial score (nSPS) is 18.3. The summed E-state index contributed by atoms with van der Waals surface area (Å²) in [6.45, 7) is 0. The topological polar surface area (TPSA) is 55.4 Å². The van der Waals surface area contributed by atoms with Crippen molar-refractivity contribution in [3.05, 3.63) is 35.4 Å². The average molecular weight is 160 g/mol. The maximum atomic E-state index is 11.3. The molecule has 0 aliphatic heterocycles. The van der Waals surface area contributed by atoms with Crippen molar-refractivity contribution in [1.82, 2.24) is 0 Å². The number of hydrogen-bond donors (Lipinski definition) is 1. The highest BCUT2D eigenvalue weighted by Gasteiger charge is 2.24. The number of fused-ring (bicyclic) bond motifs is 1. The Kier molecular flexibility index (Phi) is 1.43. The quantitative estimate of drug-likeness (QED) is 0.453. The van der Waals surface area contributed by atoms with Crippen LogP contribution in [-0.4, -0.2) is 11.5 Å². The Balaban J connectivity index is 2.65. The molecule has 0 radical (unpaired) electrons. The van der Waals surface area contributed by atoms with Crippen molar-refractivity contribution in [2.45, 2.75) is 6.42 Å². The summed E-state index contributed by atoms with van der Waals surface area (Å²) >= 11 is 0. The molecule has 12 heavy (non-hydrogen) atoms. The number of nitrogens with zero attached hydrogens (tertiary/aromatic N) is 1. The van der Waals surface area contributed by atoms with Crippen LogP contribution in [-0.2, 0) is 0 Å². The van der Waals surface area contributed by atoms with Crippen LogP contribution in [0.4, 0.5) is 0 Å². The Bertz CT molecular complexity index is 369. The highest BCUT2D eigenvalue weighted by molar-refractivity contribution is 6.26. The molecule has 3 nitrogen and oxygen atoms in total. The molecule has 0 saturated heterocycles. The van der Waals surface area contributed by atoms with Crippen molar-refractivity contribution in [2.24, 2.45) is 10.9 Å². The van der Waals surface area contributed by atoms with Crippen LogP contribution in [0, 0.1) is 0 Å². The minimum atomic E-state index is 0.106. The van der Waals surface area contributed by atoms with Crippen molar-refractivity contribution < 1.29 is 4.79 Å². The van der Waals surface area contributed by atoms with E-state index in [-0.39, 0.29) is 5.78 Å². The van der Waals surface area contributed by atoms with E-state index in [4.69, 9.17) is 5.84 Å². The van der Waals surface area contributed by atoms with Gasteiger partial charge in [0.25, 0.3) is 0 Å². The van der Waals surface area contributed by atoms with E-state index in [1.165, 1.54) is 0 Å². The number of benzene rings is 1. The summed E-state index contributed by atoms with van der Waals surface area (Å²) in [5.74, 6) is 5.25. The monoisotopic (exact) mass is 160 g/mol. The zero-order chi connectivity index (χ0) is 8.55. The second-order valence-electron chi connectivity index (χ2n) is 2.72. The molecule has 2 rings (SSSR count). The third-order valence-corrected chi connectivity index (χ3v) is 2.02. The number of ketones is 1. The first-order valence-corrected chi connectivity index (χ1v) is 3.72. The summed E-state index contributed by atoms with van der Waals surface area (Å²) in [5, 5.41) is 3.58. The SMILES string of the molecule is N/N=C1/CC(=O)c2ccccc21. The molecule has 0 fully saturated rings. The lowest BCUT2D eigenvalue weighted by Crippen LogP contribution is -1.98. The van der Waals surface area contributed by atoms with E-state index in [1.807, 2.05) is 18.2 Å². The molecule has 0 bridgehead atoms. The van der Waals surface area contributed by atoms with Crippen LogP contribution in [0.3, 0.4) is 0 Å². The van der Waals surface area contributed by atoms with Crippen LogP contribution in [0.1, 0.15) is 22.3 Å². The summed E-state index contributed by atoms with van der Waals surface area (Å²) in [6, 6.07) is 7.39. The van der Waals surface area contributed by atoms with Gasteiger partial charge >= 0.3 is 0 Å². The Morgan fingerprint density at radius 3 is 2.58 bits per heavy atom. The Hall–Kier alpha value is -1.64. The second kappa shape index (κ2) is 2.44. The Labute approximate surface area is 69.9 Å². The number of nitrogens with two attached hydrogens (primary N) is 1. The molecule has 0 aromatic heterocycles. The molecule has 2 N–H and O–H groups in total. The van der Waals surface area contributed by atoms with E-state index in [2.05, 4.69) is 5.10 Å². The second-order valence-corrected chi connectivity index (χ2v) is 2.72. The fraction of sp³-hybridized carbons (Fsp3) is 0.111. The third kappa shape index (κ3) is 0.830. The van der Waals surface area contributed by atoms with E-state index in [1.54, 1.807) is 6.07 Å². The number of rotatable bonds is 0. The van der Waals surface area contributed by atoms with Gasteiger partial charge in [-0.25, -0.2) is 0 Å². The van der Waals surface area contributed by atoms with Gasteiger partial charge in [-0.3, -0.25) is 4.79 Å². The minimum Gasteiger partial charge on any atom is -0.323 e. The predicted molar refractivity (Wildman–Crippen MR) is 46.1 cm³/mol. The summed E-state index contributed by atoms with van der Waals surface area (Å²) in [4.78, 5) is 11.3. The molecule has 0 heterocycles. The maximum absolute atomic E-state index is 11.3. The van der Waals surface area contributed by atoms with Gasteiger partial charge in [0.05, 0.1) is 12.1 Å². The van der Waals surface area contributed by atoms with Gasteiger partial charge in [-0.2, -0.15) is 5.10 Å². The van der Waals surface area contributed by atoms with Gasteiger partial charge in [0.1, 0.15) is 0 Å². The minimum absolute atomic E-state index is 0.106. The van der Waals surface area contributed by atoms with Crippen molar-refractivity contribution >= 4 is 11.5 Å². The zero-order valence-corrected chi connectivity index (χ0v) is 6.45. The van der Waals surface area contributed by atoms with Crippen LogP contribution < -0.4 is 5.84 Å². The van der Waals surface area contributed by atoms with Crippen molar-refractivity contribution in [2.75, 3.05) is 0 Å². The summed E-state index contributed by atoms with van der Waals surface area (Å²) in [6.07, 6.45) is 0.343. The van der Waals surface area contributed by atoms with Crippen molar-refractivity contribution in [3.63, 3.8) is 0 Å². The molecule has 3 heteroatoms. The van der Waals surface area contributed by atoms with Crippen molar-refractivity contribution in [1.29, 1.82) is 0 Å². The number of hydrazone groups is 1. The van der Waals surface area contributed by atoms with Crippen LogP contribution in [0.15, 0.2) is 29.4 Å². The van der Waals surface area contributed by atoms with Crippen LogP contribution in [0.5, 0.6) is 0 Å². The van der Waals surface area contributed by atoms with E-state index in [0.29, 0.717) is 12.1 Å². The molecule has 0 atom stereocenters. The standard InChI is InChI=1S/C9H8N2O/c10-11-8-5-9(12)7-4-2-1-3-6(7)8/h1-4H,5,10H2/b11-8-. The van der Waals surface area contributed by atoms with Gasteiger partial charge in [-0.1, -0.05) is 24.3 Å². The van der Waals surface area contributed by atoms with E-state index >= 15 is 0 Å². The lowest BCUT2D eigenvalue weighted by atomic mass is 10.1. The fourth-order valence-electron chi connectivity index (χ4n) is 1.44. The van der Waals surface area contributed by atoms with Crippen molar-refractivity contribution in [3.8, 4) is 0 Å². The molecule has 0 unspecified atom stereocenters. The highest BCUT2D eigenvalue weighted by atomic mass is 16.1. The first-order valence-electron chi connectivity index (χ1n) is 3.72. The maximum Gasteiger partial charge on any atom is 0.169 e. The summed E-state index contributed by atoms with van der Waals surface area (Å²) in [5.41, 5.74) is 2.31. The molecular weight excluding hydrogens is 152 g/mol. The summed E-state index contributed by atoms with van der Waals surface area (Å²) in [7, 11) is 0. The van der Waals surface area contributed by atoms with E-state index in [0.717, 1.165) is 11.1 Å². The lowest BCUT2D eigenvalue weighted by Gasteiger charge is -1.94. The molecule has 0 saturated carbocycles. The number of carbonyl (C=O) groups excluding carboxylic acids is 1. The third-order valence-electron chi connectivity index (χ3n) is 2.02. The number of Topliss-reactive ketones (excluding diaryl/α,β-unsaturated/α-hetero) is 1. The molecule has 0 amide bonds. The fourth-order valence-corrected chi connectivity index (χ4v) is 1.44. The molecule has 1 aliphatic carbocycles. The number of carbonyl (C=O) groups is 1. The van der Waals surface area contributed by atoms with Crippen LogP contribution >= 0.6 is 0 Å². The summed E-state index contributed by atoms with van der Waals surface area (Å²) < 4.78 is 0. The largest absolute Gasteiger partial charge is 0.323 e. The van der Waals surface area contributed by atoms with Gasteiger partial charge in [0, 0.05) is 11.1 Å². The van der Waals surface area contributed by atoms with E-state index in [9.17, 15) is 4.79 Å². The molecule has 1 aliphatic rings. The molecule has 0 spiro atoms. The molecule has 1 aromatic carbocycles. The molecular formula is C9H8N2O. The molecule has 60 valence electrons. The van der Waals surface area contributed by atoms with Gasteiger partial charge in [-0.05, 0) is 0 Å². The van der Waals surface area contributed by atoms with Gasteiger partial charge in [0.15, 0.2) is 5.78 Å².